The van der Waals surface area contributed by atoms with Crippen LogP contribution in [0.2, 0.25) is 0 Å². The van der Waals surface area contributed by atoms with E-state index in [0.29, 0.717) is 5.82 Å². The van der Waals surface area contributed by atoms with Crippen LogP contribution >= 0.6 is 0 Å². The lowest BCUT2D eigenvalue weighted by molar-refractivity contribution is 0.0635. The highest BCUT2D eigenvalue weighted by Gasteiger charge is 2.16. The predicted molar refractivity (Wildman–Crippen MR) is 63.5 cm³/mol. The fourth-order valence-electron chi connectivity index (χ4n) is 1.15. The summed E-state index contributed by atoms with van der Waals surface area (Å²) in [6, 6.07) is 5.52. The lowest BCUT2D eigenvalue weighted by Crippen LogP contribution is -2.27. The molecule has 1 aromatic rings. The van der Waals surface area contributed by atoms with E-state index in [-0.39, 0.29) is 0 Å². The van der Waals surface area contributed by atoms with Gasteiger partial charge in [0.15, 0.2) is 0 Å². The molecule has 0 unspecified atom stereocenters. The van der Waals surface area contributed by atoms with Crippen molar-refractivity contribution < 1.29 is 9.53 Å². The number of anilines is 1. The second-order valence-corrected chi connectivity index (χ2v) is 4.49. The van der Waals surface area contributed by atoms with Gasteiger partial charge in [-0.2, -0.15) is 0 Å². The summed E-state index contributed by atoms with van der Waals surface area (Å²) in [6.45, 7) is 7.48. The Labute approximate surface area is 96.0 Å². The summed E-state index contributed by atoms with van der Waals surface area (Å²) in [4.78, 5) is 15.7. The number of rotatable bonds is 2. The van der Waals surface area contributed by atoms with Crippen LogP contribution in [0.1, 0.15) is 33.4 Å². The van der Waals surface area contributed by atoms with Crippen LogP contribution in [0.5, 0.6) is 0 Å². The smallest absolute Gasteiger partial charge is 0.413 e. The van der Waals surface area contributed by atoms with Gasteiger partial charge in [-0.25, -0.2) is 9.78 Å². The average Bonchev–Trinajstić information content (AvgIpc) is 2.15. The molecule has 1 N–H and O–H groups in total. The summed E-state index contributed by atoms with van der Waals surface area (Å²) >= 11 is 0. The number of nitrogens with one attached hydrogen (secondary N) is 1. The minimum absolute atomic E-state index is 0.478. The molecule has 0 aliphatic rings. The molecule has 1 rings (SSSR count). The molecule has 1 amide bonds. The van der Waals surface area contributed by atoms with Crippen molar-refractivity contribution in [3.05, 3.63) is 23.9 Å². The van der Waals surface area contributed by atoms with Crippen LogP contribution < -0.4 is 5.32 Å². The maximum absolute atomic E-state index is 11.5. The summed E-state index contributed by atoms with van der Waals surface area (Å²) in [6.07, 6.45) is 0.359. The molecule has 1 heterocycles. The Morgan fingerprint density at radius 1 is 1.44 bits per heavy atom. The van der Waals surface area contributed by atoms with E-state index in [1.807, 2.05) is 39.8 Å². The van der Waals surface area contributed by atoms with Gasteiger partial charge in [-0.05, 0) is 39.3 Å². The number of hydrogen-bond donors (Lipinski definition) is 1. The SMILES string of the molecule is CCc1cccc(NC(=O)OC(C)(C)C)n1. The number of amides is 1. The van der Waals surface area contributed by atoms with Gasteiger partial charge in [-0.3, -0.25) is 5.32 Å². The Morgan fingerprint density at radius 3 is 2.69 bits per heavy atom. The van der Waals surface area contributed by atoms with Gasteiger partial charge in [-0.15, -0.1) is 0 Å². The second kappa shape index (κ2) is 4.96. The minimum Gasteiger partial charge on any atom is -0.444 e. The highest BCUT2D eigenvalue weighted by molar-refractivity contribution is 5.83. The number of carbonyl (C=O) groups is 1. The van der Waals surface area contributed by atoms with Gasteiger partial charge in [0.1, 0.15) is 11.4 Å². The van der Waals surface area contributed by atoms with Crippen molar-refractivity contribution in [2.24, 2.45) is 0 Å². The highest BCUT2D eigenvalue weighted by atomic mass is 16.6. The topological polar surface area (TPSA) is 51.2 Å². The van der Waals surface area contributed by atoms with Gasteiger partial charge < -0.3 is 4.74 Å². The van der Waals surface area contributed by atoms with Crippen molar-refractivity contribution in [2.75, 3.05) is 5.32 Å². The van der Waals surface area contributed by atoms with E-state index in [1.54, 1.807) is 6.07 Å². The lowest BCUT2D eigenvalue weighted by atomic mass is 10.2. The zero-order valence-corrected chi connectivity index (χ0v) is 10.2. The number of nitrogens with zero attached hydrogens (tertiary/aromatic N) is 1. The minimum atomic E-state index is -0.494. The molecule has 0 aliphatic heterocycles. The van der Waals surface area contributed by atoms with Crippen LogP contribution in [0.25, 0.3) is 0 Å². The first-order valence-electron chi connectivity index (χ1n) is 5.36. The first kappa shape index (κ1) is 12.5. The number of aromatic nitrogens is 1. The third-order valence-corrected chi connectivity index (χ3v) is 1.80. The van der Waals surface area contributed by atoms with E-state index in [1.165, 1.54) is 0 Å². The summed E-state index contributed by atoms with van der Waals surface area (Å²) in [7, 11) is 0. The summed E-state index contributed by atoms with van der Waals surface area (Å²) in [5.41, 5.74) is 0.445. The number of ether oxygens (including phenoxy) is 1. The maximum atomic E-state index is 11.5. The molecule has 0 saturated carbocycles. The molecule has 0 radical (unpaired) electrons. The van der Waals surface area contributed by atoms with E-state index >= 15 is 0 Å². The van der Waals surface area contributed by atoms with Crippen molar-refractivity contribution in [2.45, 2.75) is 39.7 Å². The molecule has 88 valence electrons. The first-order chi connectivity index (χ1) is 7.40. The molecule has 16 heavy (non-hydrogen) atoms. The zero-order valence-electron chi connectivity index (χ0n) is 10.2. The molecule has 1 aromatic heterocycles. The third-order valence-electron chi connectivity index (χ3n) is 1.80. The molecule has 0 aromatic carbocycles. The van der Waals surface area contributed by atoms with Gasteiger partial charge in [0.2, 0.25) is 0 Å². The molecule has 0 saturated heterocycles. The largest absolute Gasteiger partial charge is 0.444 e. The molecule has 0 spiro atoms. The van der Waals surface area contributed by atoms with Crippen LogP contribution in [0, 0.1) is 0 Å². The predicted octanol–water partition coefficient (Wildman–Crippen LogP) is 2.99. The number of carbonyl (C=O) groups excluding carboxylic acids is 1. The van der Waals surface area contributed by atoms with Gasteiger partial charge in [0.25, 0.3) is 0 Å². The molecule has 4 nitrogen and oxygen atoms in total. The van der Waals surface area contributed by atoms with Crippen molar-refractivity contribution in [1.82, 2.24) is 4.98 Å². The van der Waals surface area contributed by atoms with Crippen molar-refractivity contribution >= 4 is 11.9 Å². The van der Waals surface area contributed by atoms with E-state index < -0.39 is 11.7 Å². The second-order valence-electron chi connectivity index (χ2n) is 4.49. The molecule has 0 aliphatic carbocycles. The normalized spacial score (nSPS) is 11.0. The first-order valence-corrected chi connectivity index (χ1v) is 5.36. The summed E-state index contributed by atoms with van der Waals surface area (Å²) < 4.78 is 5.13. The molecule has 0 bridgehead atoms. The fraction of sp³-hybridized carbons (Fsp3) is 0.500. The van der Waals surface area contributed by atoms with Crippen LogP contribution in [0.4, 0.5) is 10.6 Å². The summed E-state index contributed by atoms with van der Waals surface area (Å²) in [5, 5.41) is 2.60. The standard InChI is InChI=1S/C12H18N2O2/c1-5-9-7-6-8-10(13-9)14-11(15)16-12(2,3)4/h6-8H,5H2,1-4H3,(H,13,14,15). The Hall–Kier alpha value is -1.58. The maximum Gasteiger partial charge on any atom is 0.413 e. The van der Waals surface area contributed by atoms with Crippen LogP contribution in [-0.4, -0.2) is 16.7 Å². The van der Waals surface area contributed by atoms with Crippen molar-refractivity contribution in [3.63, 3.8) is 0 Å². The van der Waals surface area contributed by atoms with Gasteiger partial charge in [0, 0.05) is 5.69 Å². The van der Waals surface area contributed by atoms with E-state index in [4.69, 9.17) is 4.74 Å². The summed E-state index contributed by atoms with van der Waals surface area (Å²) in [5.74, 6) is 0.522. The van der Waals surface area contributed by atoms with Crippen molar-refractivity contribution in [1.29, 1.82) is 0 Å². The van der Waals surface area contributed by atoms with Gasteiger partial charge >= 0.3 is 6.09 Å². The zero-order chi connectivity index (χ0) is 12.2. The Bertz CT molecular complexity index is 370. The molecule has 4 heteroatoms. The molecular weight excluding hydrogens is 204 g/mol. The lowest BCUT2D eigenvalue weighted by Gasteiger charge is -2.19. The van der Waals surface area contributed by atoms with E-state index in [0.717, 1.165) is 12.1 Å². The number of hydrogen-bond acceptors (Lipinski definition) is 3. The molecule has 0 atom stereocenters. The fourth-order valence-corrected chi connectivity index (χ4v) is 1.15. The van der Waals surface area contributed by atoms with Crippen LogP contribution in [0.15, 0.2) is 18.2 Å². The molecule has 0 fully saturated rings. The van der Waals surface area contributed by atoms with E-state index in [2.05, 4.69) is 10.3 Å². The van der Waals surface area contributed by atoms with Gasteiger partial charge in [-0.1, -0.05) is 13.0 Å². The third kappa shape index (κ3) is 4.29. The number of pyridine rings is 1. The van der Waals surface area contributed by atoms with Crippen LogP contribution in [-0.2, 0) is 11.2 Å². The Morgan fingerprint density at radius 2 is 2.12 bits per heavy atom. The average molecular weight is 222 g/mol. The Balaban J connectivity index is 2.62. The Kier molecular flexibility index (Phi) is 3.88. The number of aryl methyl sites for hydroxylation is 1. The van der Waals surface area contributed by atoms with Gasteiger partial charge in [0.05, 0.1) is 0 Å². The van der Waals surface area contributed by atoms with E-state index in [9.17, 15) is 4.79 Å². The quantitative estimate of drug-likeness (QED) is 0.836. The van der Waals surface area contributed by atoms with Crippen LogP contribution in [0.3, 0.4) is 0 Å². The monoisotopic (exact) mass is 222 g/mol. The van der Waals surface area contributed by atoms with Crippen molar-refractivity contribution in [3.8, 4) is 0 Å². The highest BCUT2D eigenvalue weighted by Crippen LogP contribution is 2.10. The molecular formula is C12H18N2O2.